The Morgan fingerprint density at radius 1 is 1.07 bits per heavy atom. The van der Waals surface area contributed by atoms with E-state index in [1.165, 1.54) is 19.3 Å². The molecule has 2 atom stereocenters. The Morgan fingerprint density at radius 2 is 1.80 bits per heavy atom. The van der Waals surface area contributed by atoms with E-state index in [-0.39, 0.29) is 0 Å². The monoisotopic (exact) mass is 215 g/mol. The maximum atomic E-state index is 5.43. The van der Waals surface area contributed by atoms with Crippen LogP contribution in [-0.2, 0) is 4.74 Å². The summed E-state index contributed by atoms with van der Waals surface area (Å²) in [6.07, 6.45) is 4.95. The van der Waals surface area contributed by atoms with Crippen molar-refractivity contribution in [1.29, 1.82) is 0 Å². The molecule has 1 N–H and O–H groups in total. The summed E-state index contributed by atoms with van der Waals surface area (Å²) in [5.41, 5.74) is 0. The zero-order chi connectivity index (χ0) is 11.5. The fourth-order valence-electron chi connectivity index (χ4n) is 1.93. The predicted molar refractivity (Wildman–Crippen MR) is 67.3 cm³/mol. The van der Waals surface area contributed by atoms with Crippen molar-refractivity contribution in [3.63, 3.8) is 0 Å². The molecule has 0 aliphatic rings. The summed E-state index contributed by atoms with van der Waals surface area (Å²) in [5, 5.41) is 3.63. The number of hydrogen-bond acceptors (Lipinski definition) is 2. The second-order valence-corrected chi connectivity index (χ2v) is 4.31. The van der Waals surface area contributed by atoms with E-state index in [1.807, 2.05) is 0 Å². The number of rotatable bonds is 10. The van der Waals surface area contributed by atoms with Gasteiger partial charge in [-0.25, -0.2) is 0 Å². The normalized spacial score (nSPS) is 15.2. The lowest BCUT2D eigenvalue weighted by Crippen LogP contribution is -2.36. The van der Waals surface area contributed by atoms with Crippen molar-refractivity contribution in [2.24, 2.45) is 5.92 Å². The minimum absolute atomic E-state index is 0.636. The van der Waals surface area contributed by atoms with Crippen molar-refractivity contribution in [2.75, 3.05) is 19.8 Å². The van der Waals surface area contributed by atoms with Gasteiger partial charge < -0.3 is 10.1 Å². The molecule has 92 valence electrons. The molecule has 0 radical (unpaired) electrons. The van der Waals surface area contributed by atoms with Gasteiger partial charge in [-0.3, -0.25) is 0 Å². The molecule has 2 unspecified atom stereocenters. The molecule has 0 saturated heterocycles. The second kappa shape index (κ2) is 10.4. The lowest BCUT2D eigenvalue weighted by molar-refractivity contribution is 0.128. The molecule has 0 amide bonds. The molecule has 0 aliphatic heterocycles. The Balaban J connectivity index is 3.81. The van der Waals surface area contributed by atoms with Gasteiger partial charge in [-0.2, -0.15) is 0 Å². The summed E-state index contributed by atoms with van der Waals surface area (Å²) in [6, 6.07) is 0.636. The van der Waals surface area contributed by atoms with Crippen LogP contribution in [0.1, 0.15) is 53.4 Å². The van der Waals surface area contributed by atoms with Gasteiger partial charge in [-0.05, 0) is 38.6 Å². The van der Waals surface area contributed by atoms with Crippen molar-refractivity contribution in [1.82, 2.24) is 5.32 Å². The van der Waals surface area contributed by atoms with Gasteiger partial charge in [0.2, 0.25) is 0 Å². The quantitative estimate of drug-likeness (QED) is 0.565. The summed E-state index contributed by atoms with van der Waals surface area (Å²) in [4.78, 5) is 0. The van der Waals surface area contributed by atoms with Gasteiger partial charge in [-0.1, -0.05) is 27.2 Å². The van der Waals surface area contributed by atoms with Crippen LogP contribution in [0.2, 0.25) is 0 Å². The largest absolute Gasteiger partial charge is 0.382 e. The summed E-state index contributed by atoms with van der Waals surface area (Å²) in [6.45, 7) is 11.7. The highest BCUT2D eigenvalue weighted by Crippen LogP contribution is 2.13. The van der Waals surface area contributed by atoms with Gasteiger partial charge in [0.25, 0.3) is 0 Å². The fourth-order valence-corrected chi connectivity index (χ4v) is 1.93. The molecule has 0 fully saturated rings. The SMILES string of the molecule is CCCNC(CCOCC)C(C)CCC. The molecule has 0 spiro atoms. The van der Waals surface area contributed by atoms with Gasteiger partial charge in [0.1, 0.15) is 0 Å². The van der Waals surface area contributed by atoms with Crippen LogP contribution in [0.15, 0.2) is 0 Å². The van der Waals surface area contributed by atoms with Crippen LogP contribution in [0.5, 0.6) is 0 Å². The van der Waals surface area contributed by atoms with Crippen molar-refractivity contribution >= 4 is 0 Å². The van der Waals surface area contributed by atoms with E-state index in [4.69, 9.17) is 4.74 Å². The topological polar surface area (TPSA) is 21.3 Å². The Morgan fingerprint density at radius 3 is 2.33 bits per heavy atom. The zero-order valence-corrected chi connectivity index (χ0v) is 11.0. The second-order valence-electron chi connectivity index (χ2n) is 4.31. The van der Waals surface area contributed by atoms with E-state index in [2.05, 4.69) is 33.0 Å². The van der Waals surface area contributed by atoms with Gasteiger partial charge in [0, 0.05) is 19.3 Å². The summed E-state index contributed by atoms with van der Waals surface area (Å²) >= 11 is 0. The Hall–Kier alpha value is -0.0800. The van der Waals surface area contributed by atoms with Crippen LogP contribution in [0.3, 0.4) is 0 Å². The van der Waals surface area contributed by atoms with Gasteiger partial charge in [-0.15, -0.1) is 0 Å². The zero-order valence-electron chi connectivity index (χ0n) is 11.0. The summed E-state index contributed by atoms with van der Waals surface area (Å²) in [7, 11) is 0. The summed E-state index contributed by atoms with van der Waals surface area (Å²) < 4.78 is 5.43. The van der Waals surface area contributed by atoms with Gasteiger partial charge in [0.05, 0.1) is 0 Å². The van der Waals surface area contributed by atoms with Crippen molar-refractivity contribution < 1.29 is 4.74 Å². The van der Waals surface area contributed by atoms with E-state index in [9.17, 15) is 0 Å². The Labute approximate surface area is 95.8 Å². The number of nitrogens with one attached hydrogen (secondary N) is 1. The molecule has 0 rings (SSSR count). The molecule has 0 heterocycles. The first-order chi connectivity index (χ1) is 7.26. The van der Waals surface area contributed by atoms with E-state index in [1.54, 1.807) is 0 Å². The van der Waals surface area contributed by atoms with E-state index in [0.717, 1.165) is 32.1 Å². The van der Waals surface area contributed by atoms with Crippen molar-refractivity contribution in [3.05, 3.63) is 0 Å². The third-order valence-corrected chi connectivity index (χ3v) is 2.86. The first kappa shape index (κ1) is 14.9. The third kappa shape index (κ3) is 7.80. The van der Waals surface area contributed by atoms with Gasteiger partial charge >= 0.3 is 0 Å². The average molecular weight is 215 g/mol. The first-order valence-corrected chi connectivity index (χ1v) is 6.57. The molecule has 0 aromatic rings. The lowest BCUT2D eigenvalue weighted by atomic mass is 9.94. The molecule has 0 saturated carbocycles. The van der Waals surface area contributed by atoms with Crippen LogP contribution in [-0.4, -0.2) is 25.8 Å². The van der Waals surface area contributed by atoms with Crippen molar-refractivity contribution in [2.45, 2.75) is 59.4 Å². The highest BCUT2D eigenvalue weighted by Gasteiger charge is 2.15. The molecule has 0 aromatic carbocycles. The maximum absolute atomic E-state index is 5.43. The number of hydrogen-bond donors (Lipinski definition) is 1. The Bertz CT molecular complexity index is 128. The van der Waals surface area contributed by atoms with Crippen LogP contribution in [0.4, 0.5) is 0 Å². The van der Waals surface area contributed by atoms with Gasteiger partial charge in [0.15, 0.2) is 0 Å². The third-order valence-electron chi connectivity index (χ3n) is 2.86. The van der Waals surface area contributed by atoms with Crippen molar-refractivity contribution in [3.8, 4) is 0 Å². The molecule has 15 heavy (non-hydrogen) atoms. The van der Waals surface area contributed by atoms with Crippen LogP contribution < -0.4 is 5.32 Å². The van der Waals surface area contributed by atoms with Crippen LogP contribution in [0, 0.1) is 5.92 Å². The predicted octanol–water partition coefficient (Wildman–Crippen LogP) is 3.22. The lowest BCUT2D eigenvalue weighted by Gasteiger charge is -2.25. The summed E-state index contributed by atoms with van der Waals surface area (Å²) in [5.74, 6) is 0.766. The first-order valence-electron chi connectivity index (χ1n) is 6.57. The molecular weight excluding hydrogens is 186 g/mol. The Kier molecular flexibility index (Phi) is 10.4. The highest BCUT2D eigenvalue weighted by atomic mass is 16.5. The maximum Gasteiger partial charge on any atom is 0.0480 e. The standard InChI is InChI=1S/C13H29NO/c1-5-8-12(4)13(14-10-6-2)9-11-15-7-3/h12-14H,5-11H2,1-4H3. The van der Waals surface area contributed by atoms with Crippen LogP contribution in [0.25, 0.3) is 0 Å². The molecule has 2 heteroatoms. The molecule has 2 nitrogen and oxygen atoms in total. The molecule has 0 aromatic heterocycles. The van der Waals surface area contributed by atoms with E-state index < -0.39 is 0 Å². The minimum atomic E-state index is 0.636. The molecule has 0 aliphatic carbocycles. The fraction of sp³-hybridized carbons (Fsp3) is 1.00. The highest BCUT2D eigenvalue weighted by molar-refractivity contribution is 4.72. The van der Waals surface area contributed by atoms with E-state index in [0.29, 0.717) is 6.04 Å². The smallest absolute Gasteiger partial charge is 0.0480 e. The molecular formula is C13H29NO. The minimum Gasteiger partial charge on any atom is -0.382 e. The molecule has 0 bridgehead atoms. The number of ether oxygens (including phenoxy) is 1. The van der Waals surface area contributed by atoms with Crippen LogP contribution >= 0.6 is 0 Å². The average Bonchev–Trinajstić information content (AvgIpc) is 2.23. The van der Waals surface area contributed by atoms with E-state index >= 15 is 0 Å².